The summed E-state index contributed by atoms with van der Waals surface area (Å²) in [5, 5.41) is 0. The lowest BCUT2D eigenvalue weighted by Crippen LogP contribution is -2.09. The van der Waals surface area contributed by atoms with Gasteiger partial charge in [0.25, 0.3) is 11.9 Å². The zero-order valence-electron chi connectivity index (χ0n) is 10.8. The van der Waals surface area contributed by atoms with Gasteiger partial charge in [0, 0.05) is 5.56 Å². The fourth-order valence-corrected chi connectivity index (χ4v) is 1.81. The fraction of sp³-hybridized carbons (Fsp3) is 0.143. The van der Waals surface area contributed by atoms with E-state index in [-0.39, 0.29) is 17.7 Å². The summed E-state index contributed by atoms with van der Waals surface area (Å²) < 4.78 is 58.6. The van der Waals surface area contributed by atoms with Crippen LogP contribution in [0.3, 0.4) is 0 Å². The van der Waals surface area contributed by atoms with Gasteiger partial charge in [0.05, 0.1) is 17.7 Å². The highest BCUT2D eigenvalue weighted by Crippen LogP contribution is 2.31. The molecule has 1 aromatic heterocycles. The van der Waals surface area contributed by atoms with Crippen LogP contribution < -0.4 is 0 Å². The van der Waals surface area contributed by atoms with Gasteiger partial charge >= 0.3 is 5.97 Å². The molecule has 0 aliphatic carbocycles. The Morgan fingerprint density at radius 3 is 2.24 bits per heavy atom. The first-order chi connectivity index (χ1) is 9.97. The minimum absolute atomic E-state index is 0.0389. The van der Waals surface area contributed by atoms with Crippen molar-refractivity contribution < 1.29 is 27.1 Å². The molecule has 1 heterocycles. The summed E-state index contributed by atoms with van der Waals surface area (Å²) in [5.74, 6) is -7.79. The number of aromatic nitrogens is 1. The lowest BCUT2D eigenvalue weighted by atomic mass is 9.99. The maximum Gasteiger partial charge on any atom is 0.338 e. The molecule has 0 bridgehead atoms. The molecule has 1 aromatic carbocycles. The Kier molecular flexibility index (Phi) is 4.21. The van der Waals surface area contributed by atoms with Crippen LogP contribution in [0.15, 0.2) is 24.3 Å². The van der Waals surface area contributed by atoms with Gasteiger partial charge in [-0.2, -0.15) is 13.8 Å². The minimum atomic E-state index is -1.79. The van der Waals surface area contributed by atoms with Crippen molar-refractivity contribution in [1.82, 2.24) is 4.98 Å². The Labute approximate surface area is 117 Å². The van der Waals surface area contributed by atoms with E-state index in [2.05, 4.69) is 4.98 Å². The second kappa shape index (κ2) is 5.90. The maximum absolute atomic E-state index is 13.8. The molecule has 2 rings (SSSR count). The molecule has 2 aromatic rings. The molecule has 0 unspecified atom stereocenters. The summed E-state index contributed by atoms with van der Waals surface area (Å²) in [5.41, 5.74) is -1.52. The van der Waals surface area contributed by atoms with Gasteiger partial charge in [0.15, 0.2) is 11.6 Å². The number of halogens is 4. The molecule has 3 nitrogen and oxygen atoms in total. The number of pyridine rings is 1. The first-order valence-corrected chi connectivity index (χ1v) is 5.93. The van der Waals surface area contributed by atoms with Gasteiger partial charge < -0.3 is 4.74 Å². The second-order valence-electron chi connectivity index (χ2n) is 3.96. The van der Waals surface area contributed by atoms with Crippen LogP contribution in [-0.2, 0) is 4.74 Å². The van der Waals surface area contributed by atoms with Crippen LogP contribution in [0.25, 0.3) is 11.1 Å². The van der Waals surface area contributed by atoms with Crippen molar-refractivity contribution in [3.05, 3.63) is 53.4 Å². The summed E-state index contributed by atoms with van der Waals surface area (Å²) in [6, 6.07) is 5.20. The number of carbonyl (C=O) groups excluding carboxylic acids is 1. The summed E-state index contributed by atoms with van der Waals surface area (Å²) in [6.45, 7) is 1.59. The summed E-state index contributed by atoms with van der Waals surface area (Å²) in [6.07, 6.45) is 0. The highest BCUT2D eigenvalue weighted by Gasteiger charge is 2.25. The predicted octanol–water partition coefficient (Wildman–Crippen LogP) is 3.48. The third-order valence-corrected chi connectivity index (χ3v) is 2.69. The van der Waals surface area contributed by atoms with E-state index in [1.165, 1.54) is 18.2 Å². The van der Waals surface area contributed by atoms with Gasteiger partial charge in [-0.05, 0) is 13.0 Å². The van der Waals surface area contributed by atoms with E-state index in [0.717, 1.165) is 6.07 Å². The van der Waals surface area contributed by atoms with Crippen molar-refractivity contribution >= 4 is 5.97 Å². The molecular formula is C14H9F4NO2. The number of carbonyl (C=O) groups is 1. The molecule has 0 spiro atoms. The zero-order valence-corrected chi connectivity index (χ0v) is 10.8. The quantitative estimate of drug-likeness (QED) is 0.495. The maximum atomic E-state index is 13.8. The molecule has 0 amide bonds. The summed E-state index contributed by atoms with van der Waals surface area (Å²) >= 11 is 0. The number of hydrogen-bond acceptors (Lipinski definition) is 3. The van der Waals surface area contributed by atoms with Crippen LogP contribution in [0.4, 0.5) is 17.6 Å². The third-order valence-electron chi connectivity index (χ3n) is 2.69. The number of hydrogen-bond donors (Lipinski definition) is 0. The Balaban J connectivity index is 2.71. The fourth-order valence-electron chi connectivity index (χ4n) is 1.81. The zero-order chi connectivity index (χ0) is 15.6. The van der Waals surface area contributed by atoms with Gasteiger partial charge in [-0.25, -0.2) is 13.6 Å². The Hall–Kier alpha value is -2.44. The number of ether oxygens (including phenoxy) is 1. The first-order valence-electron chi connectivity index (χ1n) is 5.93. The van der Waals surface area contributed by atoms with Crippen molar-refractivity contribution in [3.63, 3.8) is 0 Å². The monoisotopic (exact) mass is 299 g/mol. The molecular weight excluding hydrogens is 290 g/mol. The van der Waals surface area contributed by atoms with Crippen molar-refractivity contribution in [2.24, 2.45) is 0 Å². The van der Waals surface area contributed by atoms with E-state index >= 15 is 0 Å². The van der Waals surface area contributed by atoms with E-state index in [9.17, 15) is 22.4 Å². The van der Waals surface area contributed by atoms with E-state index in [0.29, 0.717) is 0 Å². The topological polar surface area (TPSA) is 39.2 Å². The van der Waals surface area contributed by atoms with Crippen LogP contribution in [0.2, 0.25) is 0 Å². The normalized spacial score (nSPS) is 10.5. The van der Waals surface area contributed by atoms with Gasteiger partial charge in [0.2, 0.25) is 0 Å². The van der Waals surface area contributed by atoms with Gasteiger partial charge in [-0.3, -0.25) is 0 Å². The SMILES string of the molecule is CCOC(=O)c1ccccc1-c1c(F)c(F)nc(F)c1F. The summed E-state index contributed by atoms with van der Waals surface area (Å²) in [7, 11) is 0. The van der Waals surface area contributed by atoms with Crippen molar-refractivity contribution in [3.8, 4) is 11.1 Å². The van der Waals surface area contributed by atoms with Crippen molar-refractivity contribution in [2.45, 2.75) is 6.92 Å². The highest BCUT2D eigenvalue weighted by atomic mass is 19.2. The molecule has 0 radical (unpaired) electrons. The Morgan fingerprint density at radius 2 is 1.67 bits per heavy atom. The second-order valence-corrected chi connectivity index (χ2v) is 3.96. The molecule has 21 heavy (non-hydrogen) atoms. The average Bonchev–Trinajstić information content (AvgIpc) is 2.46. The highest BCUT2D eigenvalue weighted by molar-refractivity contribution is 5.97. The minimum Gasteiger partial charge on any atom is -0.462 e. The molecule has 0 saturated heterocycles. The third kappa shape index (κ3) is 2.72. The molecule has 7 heteroatoms. The van der Waals surface area contributed by atoms with Gasteiger partial charge in [-0.1, -0.05) is 18.2 Å². The standard InChI is InChI=1S/C14H9F4NO2/c1-2-21-14(20)8-6-4-3-5-7(8)9-10(15)12(17)19-13(18)11(9)16/h3-6H,2H2,1H3. The predicted molar refractivity (Wildman–Crippen MR) is 65.5 cm³/mol. The number of nitrogens with zero attached hydrogens (tertiary/aromatic N) is 1. The number of rotatable bonds is 3. The molecule has 0 fully saturated rings. The van der Waals surface area contributed by atoms with Crippen molar-refractivity contribution in [2.75, 3.05) is 6.61 Å². The molecule has 110 valence electrons. The smallest absolute Gasteiger partial charge is 0.338 e. The lowest BCUT2D eigenvalue weighted by Gasteiger charge is -2.11. The van der Waals surface area contributed by atoms with E-state index in [4.69, 9.17) is 4.74 Å². The largest absolute Gasteiger partial charge is 0.462 e. The molecule has 0 atom stereocenters. The van der Waals surface area contributed by atoms with Crippen LogP contribution in [0.1, 0.15) is 17.3 Å². The van der Waals surface area contributed by atoms with Gasteiger partial charge in [-0.15, -0.1) is 0 Å². The first kappa shape index (κ1) is 15.0. The molecule has 0 aliphatic rings. The van der Waals surface area contributed by atoms with E-state index < -0.39 is 35.1 Å². The van der Waals surface area contributed by atoms with Crippen molar-refractivity contribution in [1.29, 1.82) is 0 Å². The summed E-state index contributed by atoms with van der Waals surface area (Å²) in [4.78, 5) is 14.2. The van der Waals surface area contributed by atoms with Gasteiger partial charge in [0.1, 0.15) is 0 Å². The van der Waals surface area contributed by atoms with E-state index in [1.807, 2.05) is 0 Å². The van der Waals surface area contributed by atoms with Crippen LogP contribution in [0.5, 0.6) is 0 Å². The average molecular weight is 299 g/mol. The van der Waals surface area contributed by atoms with E-state index in [1.54, 1.807) is 6.92 Å². The number of esters is 1. The van der Waals surface area contributed by atoms with Crippen LogP contribution in [-0.4, -0.2) is 17.6 Å². The lowest BCUT2D eigenvalue weighted by molar-refractivity contribution is 0.0527. The Bertz CT molecular complexity index is 677. The molecule has 0 N–H and O–H groups in total. The molecule has 0 aliphatic heterocycles. The Morgan fingerprint density at radius 1 is 1.10 bits per heavy atom. The number of benzene rings is 1. The molecule has 0 saturated carbocycles. The van der Waals surface area contributed by atoms with Crippen LogP contribution in [0, 0.1) is 23.5 Å². The van der Waals surface area contributed by atoms with Crippen LogP contribution >= 0.6 is 0 Å².